The Labute approximate surface area is 187 Å². The highest BCUT2D eigenvalue weighted by Crippen LogP contribution is 2.46. The van der Waals surface area contributed by atoms with E-state index in [1.165, 1.54) is 0 Å². The van der Waals surface area contributed by atoms with Crippen molar-refractivity contribution in [2.75, 3.05) is 32.4 Å². The molecule has 0 aliphatic carbocycles. The zero-order chi connectivity index (χ0) is 22.8. The van der Waals surface area contributed by atoms with E-state index in [1.54, 1.807) is 17.2 Å². The van der Waals surface area contributed by atoms with E-state index in [0.29, 0.717) is 18.1 Å². The number of likely N-dealkylation sites (tertiary alicyclic amines) is 1. The van der Waals surface area contributed by atoms with Crippen LogP contribution in [-0.2, 0) is 10.0 Å². The lowest BCUT2D eigenvalue weighted by Crippen LogP contribution is -2.48. The Bertz CT molecular complexity index is 1030. The molecule has 4 N–H and O–H groups in total. The largest absolute Gasteiger partial charge is 0.388 e. The molecule has 11 heteroatoms. The van der Waals surface area contributed by atoms with Gasteiger partial charge in [0.2, 0.25) is 10.0 Å². The summed E-state index contributed by atoms with van der Waals surface area (Å²) in [5.74, 6) is 0.204. The molecule has 1 aromatic heterocycles. The van der Waals surface area contributed by atoms with Crippen LogP contribution in [-0.4, -0.2) is 67.1 Å². The number of aromatic amines is 1. The van der Waals surface area contributed by atoms with Gasteiger partial charge in [-0.3, -0.25) is 5.10 Å². The Morgan fingerprint density at radius 3 is 2.68 bits per heavy atom. The van der Waals surface area contributed by atoms with Crippen LogP contribution in [0.25, 0.3) is 10.9 Å². The first-order valence-electron chi connectivity index (χ1n) is 10.3. The maximum Gasteiger partial charge on any atom is 0.317 e. The molecule has 2 aromatic rings. The van der Waals surface area contributed by atoms with E-state index in [9.17, 15) is 18.3 Å². The number of piperidine rings is 1. The first-order chi connectivity index (χ1) is 14.5. The summed E-state index contributed by atoms with van der Waals surface area (Å²) >= 11 is 6.25. The van der Waals surface area contributed by atoms with Crippen LogP contribution in [0.4, 0.5) is 4.79 Å². The lowest BCUT2D eigenvalue weighted by molar-refractivity contribution is -0.0143. The van der Waals surface area contributed by atoms with Crippen molar-refractivity contribution in [3.05, 3.63) is 28.9 Å². The number of H-pyrrole nitrogens is 1. The number of fused-ring (bicyclic) bond motifs is 1. The Balaban J connectivity index is 1.59. The number of carbonyl (C=O) groups excluding carboxylic acids is 1. The average Bonchev–Trinajstić information content (AvgIpc) is 3.17. The van der Waals surface area contributed by atoms with Crippen LogP contribution in [0.5, 0.6) is 0 Å². The van der Waals surface area contributed by atoms with Crippen molar-refractivity contribution in [1.29, 1.82) is 0 Å². The summed E-state index contributed by atoms with van der Waals surface area (Å²) in [5, 5.41) is 22.4. The van der Waals surface area contributed by atoms with Crippen molar-refractivity contribution < 1.29 is 18.3 Å². The number of amides is 2. The lowest BCUT2D eigenvalue weighted by Gasteiger charge is -2.43. The fraction of sp³-hybridized carbons (Fsp3) is 0.600. The number of hydrogen-bond acceptors (Lipinski definition) is 5. The normalized spacial score (nSPS) is 17.1. The van der Waals surface area contributed by atoms with Gasteiger partial charge in [-0.2, -0.15) is 5.10 Å². The second-order valence-electron chi connectivity index (χ2n) is 8.71. The van der Waals surface area contributed by atoms with Gasteiger partial charge in [0.1, 0.15) is 0 Å². The first kappa shape index (κ1) is 23.8. The van der Waals surface area contributed by atoms with Gasteiger partial charge < -0.3 is 15.3 Å². The third-order valence-corrected chi connectivity index (χ3v) is 7.09. The van der Waals surface area contributed by atoms with E-state index in [1.807, 2.05) is 19.9 Å². The molecule has 3 rings (SSSR count). The molecule has 31 heavy (non-hydrogen) atoms. The number of carbonyl (C=O) groups is 1. The molecule has 1 fully saturated rings. The summed E-state index contributed by atoms with van der Waals surface area (Å²) in [6.07, 6.45) is 3.53. The molecule has 0 saturated carbocycles. The number of halogens is 1. The maximum absolute atomic E-state index is 12.4. The van der Waals surface area contributed by atoms with Crippen molar-refractivity contribution in [3.8, 4) is 0 Å². The van der Waals surface area contributed by atoms with Crippen LogP contribution in [0.2, 0.25) is 5.02 Å². The molecule has 2 amide bonds. The molecule has 0 bridgehead atoms. The number of aliphatic hydroxyl groups is 1. The van der Waals surface area contributed by atoms with Crippen molar-refractivity contribution in [3.63, 3.8) is 0 Å². The van der Waals surface area contributed by atoms with Crippen LogP contribution < -0.4 is 10.0 Å². The Morgan fingerprint density at radius 2 is 2.03 bits per heavy atom. The second kappa shape index (κ2) is 9.32. The van der Waals surface area contributed by atoms with Gasteiger partial charge in [0.25, 0.3) is 0 Å². The number of nitrogens with one attached hydrogen (secondary N) is 3. The van der Waals surface area contributed by atoms with E-state index >= 15 is 0 Å². The fourth-order valence-electron chi connectivity index (χ4n) is 4.23. The van der Waals surface area contributed by atoms with Gasteiger partial charge in [-0.15, -0.1) is 0 Å². The standard InChI is InChI=1S/C20H30ClN5O4S/c1-20(2,18(27)16-11-15(21)10-13-12-23-25-17(13)16)14-4-8-26(9-5-14)19(28)22-6-7-24-31(3,29)30/h10-12,14,18,24,27H,4-9H2,1-3H3,(H,22,28)(H,23,25)/t18-/m1/s1. The summed E-state index contributed by atoms with van der Waals surface area (Å²) in [7, 11) is -3.27. The van der Waals surface area contributed by atoms with E-state index in [4.69, 9.17) is 11.6 Å². The van der Waals surface area contributed by atoms with Crippen molar-refractivity contribution in [2.24, 2.45) is 11.3 Å². The summed E-state index contributed by atoms with van der Waals surface area (Å²) in [6, 6.07) is 3.38. The first-order valence-corrected chi connectivity index (χ1v) is 12.5. The summed E-state index contributed by atoms with van der Waals surface area (Å²) < 4.78 is 24.5. The number of aromatic nitrogens is 2. The number of rotatable bonds is 7. The average molecular weight is 472 g/mol. The molecule has 1 saturated heterocycles. The number of hydrogen-bond donors (Lipinski definition) is 4. The number of urea groups is 1. The minimum atomic E-state index is -3.27. The number of aliphatic hydroxyl groups excluding tert-OH is 1. The quantitative estimate of drug-likeness (QED) is 0.460. The fourth-order valence-corrected chi connectivity index (χ4v) is 4.94. The second-order valence-corrected chi connectivity index (χ2v) is 11.0. The van der Waals surface area contributed by atoms with E-state index in [2.05, 4.69) is 20.2 Å². The lowest BCUT2D eigenvalue weighted by atomic mass is 9.68. The van der Waals surface area contributed by atoms with Crippen molar-refractivity contribution >= 4 is 38.6 Å². The summed E-state index contributed by atoms with van der Waals surface area (Å²) in [4.78, 5) is 14.1. The highest BCUT2D eigenvalue weighted by Gasteiger charge is 2.40. The van der Waals surface area contributed by atoms with Gasteiger partial charge in [0, 0.05) is 42.2 Å². The van der Waals surface area contributed by atoms with Crippen molar-refractivity contribution in [1.82, 2.24) is 25.1 Å². The zero-order valence-corrected chi connectivity index (χ0v) is 19.6. The molecule has 0 unspecified atom stereocenters. The molecule has 172 valence electrons. The van der Waals surface area contributed by atoms with Crippen LogP contribution in [0.3, 0.4) is 0 Å². The van der Waals surface area contributed by atoms with Crippen LogP contribution in [0.15, 0.2) is 18.3 Å². The molecular formula is C20H30ClN5O4S. The number of benzene rings is 1. The highest BCUT2D eigenvalue weighted by atomic mass is 35.5. The zero-order valence-electron chi connectivity index (χ0n) is 18.0. The molecule has 1 aliphatic heterocycles. The molecule has 0 spiro atoms. The van der Waals surface area contributed by atoms with E-state index < -0.39 is 21.5 Å². The van der Waals surface area contributed by atoms with E-state index in [-0.39, 0.29) is 25.0 Å². The van der Waals surface area contributed by atoms with Crippen LogP contribution in [0.1, 0.15) is 38.4 Å². The van der Waals surface area contributed by atoms with Gasteiger partial charge in [-0.1, -0.05) is 25.4 Å². The number of nitrogens with zero attached hydrogens (tertiary/aromatic N) is 2. The summed E-state index contributed by atoms with van der Waals surface area (Å²) in [5.41, 5.74) is 1.07. The third kappa shape index (κ3) is 5.68. The van der Waals surface area contributed by atoms with Crippen LogP contribution >= 0.6 is 11.6 Å². The molecule has 9 nitrogen and oxygen atoms in total. The third-order valence-electron chi connectivity index (χ3n) is 6.14. The molecule has 1 aromatic carbocycles. The predicted octanol–water partition coefficient (Wildman–Crippen LogP) is 2.25. The van der Waals surface area contributed by atoms with Crippen molar-refractivity contribution in [2.45, 2.75) is 32.8 Å². The van der Waals surface area contributed by atoms with Crippen LogP contribution in [0, 0.1) is 11.3 Å². The molecule has 1 atom stereocenters. The van der Waals surface area contributed by atoms with Gasteiger partial charge in [0.15, 0.2) is 0 Å². The molecule has 1 aliphatic rings. The monoisotopic (exact) mass is 471 g/mol. The summed E-state index contributed by atoms with van der Waals surface area (Å²) in [6.45, 7) is 5.60. The van der Waals surface area contributed by atoms with Gasteiger partial charge in [-0.25, -0.2) is 17.9 Å². The minimum absolute atomic E-state index is 0.155. The number of sulfonamides is 1. The topological polar surface area (TPSA) is 127 Å². The van der Waals surface area contributed by atoms with Gasteiger partial charge >= 0.3 is 6.03 Å². The Kier molecular flexibility index (Phi) is 7.14. The minimum Gasteiger partial charge on any atom is -0.388 e. The van der Waals surface area contributed by atoms with Gasteiger partial charge in [-0.05, 0) is 36.3 Å². The SMILES string of the molecule is CC(C)(C1CCN(C(=O)NCCNS(C)(=O)=O)CC1)[C@H](O)c1cc(Cl)cc2cn[nH]c12. The van der Waals surface area contributed by atoms with Gasteiger partial charge in [0.05, 0.1) is 24.1 Å². The maximum atomic E-state index is 12.4. The molecule has 2 heterocycles. The Hall–Kier alpha value is -1.88. The van der Waals surface area contributed by atoms with E-state index in [0.717, 1.165) is 35.6 Å². The molecular weight excluding hydrogens is 442 g/mol. The smallest absolute Gasteiger partial charge is 0.317 e. The Morgan fingerprint density at radius 1 is 1.35 bits per heavy atom. The predicted molar refractivity (Wildman–Crippen MR) is 120 cm³/mol. The molecule has 0 radical (unpaired) electrons. The highest BCUT2D eigenvalue weighted by molar-refractivity contribution is 7.88.